The molecule has 96 valence electrons. The second kappa shape index (κ2) is 5.50. The summed E-state index contributed by atoms with van der Waals surface area (Å²) in [6.45, 7) is 5.14. The van der Waals surface area contributed by atoms with E-state index in [4.69, 9.17) is 10.5 Å². The molecule has 17 heavy (non-hydrogen) atoms. The minimum atomic E-state index is -0.0941. The second-order valence-corrected chi connectivity index (χ2v) is 5.54. The molecule has 0 aromatic carbocycles. The first-order valence-electron chi connectivity index (χ1n) is 6.25. The Morgan fingerprint density at radius 1 is 1.65 bits per heavy atom. The molecule has 1 saturated heterocycles. The van der Waals surface area contributed by atoms with Crippen molar-refractivity contribution in [3.8, 4) is 0 Å². The molecule has 1 aromatic rings. The fourth-order valence-electron chi connectivity index (χ4n) is 2.37. The molecule has 1 aliphatic heterocycles. The molecular weight excluding hydrogens is 282 g/mol. The molecule has 2 N–H and O–H groups in total. The fourth-order valence-corrected chi connectivity index (χ4v) is 2.93. The number of nitrogens with two attached hydrogens (primary N) is 1. The normalized spacial score (nSPS) is 26.4. The Bertz CT molecular complexity index is 380. The highest BCUT2D eigenvalue weighted by Crippen LogP contribution is 2.32. The third-order valence-corrected chi connectivity index (χ3v) is 3.86. The Hall–Kier alpha value is -0.390. The number of aromatic nitrogens is 2. The third kappa shape index (κ3) is 2.72. The average Bonchev–Trinajstić information content (AvgIpc) is 2.86. The van der Waals surface area contributed by atoms with Crippen LogP contribution in [-0.2, 0) is 11.3 Å². The Labute approximate surface area is 111 Å². The van der Waals surface area contributed by atoms with E-state index in [2.05, 4.69) is 34.9 Å². The number of halogens is 1. The summed E-state index contributed by atoms with van der Waals surface area (Å²) >= 11 is 3.53. The van der Waals surface area contributed by atoms with Crippen LogP contribution in [0.2, 0.25) is 0 Å². The van der Waals surface area contributed by atoms with Gasteiger partial charge in [0, 0.05) is 6.54 Å². The van der Waals surface area contributed by atoms with Gasteiger partial charge in [0.2, 0.25) is 0 Å². The summed E-state index contributed by atoms with van der Waals surface area (Å²) in [5, 5.41) is 4.35. The lowest BCUT2D eigenvalue weighted by atomic mass is 10.1. The van der Waals surface area contributed by atoms with Crippen molar-refractivity contribution in [3.63, 3.8) is 0 Å². The van der Waals surface area contributed by atoms with E-state index in [1.165, 1.54) is 0 Å². The largest absolute Gasteiger partial charge is 0.373 e. The van der Waals surface area contributed by atoms with Gasteiger partial charge in [-0.1, -0.05) is 6.92 Å². The molecule has 1 aromatic heterocycles. The Kier molecular flexibility index (Phi) is 4.22. The minimum Gasteiger partial charge on any atom is -0.373 e. The van der Waals surface area contributed by atoms with Crippen molar-refractivity contribution in [1.82, 2.24) is 9.78 Å². The summed E-state index contributed by atoms with van der Waals surface area (Å²) in [5.74, 6) is 0. The predicted octanol–water partition coefficient (Wildman–Crippen LogP) is 2.62. The van der Waals surface area contributed by atoms with Crippen molar-refractivity contribution in [2.24, 2.45) is 5.73 Å². The van der Waals surface area contributed by atoms with Crippen LogP contribution >= 0.6 is 15.9 Å². The third-order valence-electron chi connectivity index (χ3n) is 3.25. The summed E-state index contributed by atoms with van der Waals surface area (Å²) < 4.78 is 8.82. The number of hydrogen-bond donors (Lipinski definition) is 1. The van der Waals surface area contributed by atoms with Gasteiger partial charge in [0.25, 0.3) is 0 Å². The van der Waals surface area contributed by atoms with Gasteiger partial charge in [0.1, 0.15) is 0 Å². The molecule has 1 aliphatic rings. The zero-order valence-electron chi connectivity index (χ0n) is 10.4. The second-order valence-electron chi connectivity index (χ2n) is 4.69. The topological polar surface area (TPSA) is 53.1 Å². The van der Waals surface area contributed by atoms with E-state index in [0.29, 0.717) is 6.10 Å². The zero-order valence-corrected chi connectivity index (χ0v) is 12.0. The van der Waals surface area contributed by atoms with Gasteiger partial charge in [-0.25, -0.2) is 0 Å². The smallest absolute Gasteiger partial charge is 0.0787 e. The fraction of sp³-hybridized carbons (Fsp3) is 0.750. The predicted molar refractivity (Wildman–Crippen MR) is 70.7 cm³/mol. The van der Waals surface area contributed by atoms with Gasteiger partial charge >= 0.3 is 0 Å². The first kappa shape index (κ1) is 13.1. The molecular formula is C12H20BrN3O. The Balaban J connectivity index is 2.17. The van der Waals surface area contributed by atoms with E-state index in [1.54, 1.807) is 0 Å². The van der Waals surface area contributed by atoms with Crippen LogP contribution < -0.4 is 5.73 Å². The summed E-state index contributed by atoms with van der Waals surface area (Å²) in [7, 11) is 0. The molecule has 3 unspecified atom stereocenters. The quantitative estimate of drug-likeness (QED) is 0.930. The lowest BCUT2D eigenvalue weighted by molar-refractivity contribution is 0.0382. The molecule has 0 spiro atoms. The SMILES string of the molecule is CCCn1ncc(Br)c1C(N)C1CCC(C)O1. The molecule has 0 bridgehead atoms. The van der Waals surface area contributed by atoms with Crippen LogP contribution in [0.15, 0.2) is 10.7 Å². The van der Waals surface area contributed by atoms with Crippen molar-refractivity contribution >= 4 is 15.9 Å². The molecule has 0 radical (unpaired) electrons. The van der Waals surface area contributed by atoms with Crippen LogP contribution in [0.5, 0.6) is 0 Å². The molecule has 3 atom stereocenters. The highest BCUT2D eigenvalue weighted by Gasteiger charge is 2.31. The van der Waals surface area contributed by atoms with Crippen molar-refractivity contribution < 1.29 is 4.74 Å². The summed E-state index contributed by atoms with van der Waals surface area (Å²) in [6, 6.07) is -0.0941. The van der Waals surface area contributed by atoms with Crippen LogP contribution in [0.25, 0.3) is 0 Å². The van der Waals surface area contributed by atoms with Gasteiger partial charge in [-0.15, -0.1) is 0 Å². The molecule has 0 saturated carbocycles. The summed E-state index contributed by atoms with van der Waals surface area (Å²) in [5.41, 5.74) is 7.38. The maximum Gasteiger partial charge on any atom is 0.0787 e. The molecule has 0 aliphatic carbocycles. The van der Waals surface area contributed by atoms with E-state index >= 15 is 0 Å². The highest BCUT2D eigenvalue weighted by molar-refractivity contribution is 9.10. The first-order chi connectivity index (χ1) is 8.13. The van der Waals surface area contributed by atoms with Crippen LogP contribution in [-0.4, -0.2) is 22.0 Å². The van der Waals surface area contributed by atoms with Gasteiger partial charge in [0.15, 0.2) is 0 Å². The monoisotopic (exact) mass is 301 g/mol. The maximum absolute atomic E-state index is 6.32. The van der Waals surface area contributed by atoms with Gasteiger partial charge in [0.05, 0.1) is 34.6 Å². The summed E-state index contributed by atoms with van der Waals surface area (Å²) in [4.78, 5) is 0. The first-order valence-corrected chi connectivity index (χ1v) is 7.05. The van der Waals surface area contributed by atoms with Crippen molar-refractivity contribution in [1.29, 1.82) is 0 Å². The molecule has 0 amide bonds. The number of aryl methyl sites for hydroxylation is 1. The van der Waals surface area contributed by atoms with Gasteiger partial charge in [-0.05, 0) is 42.1 Å². The number of rotatable bonds is 4. The Morgan fingerprint density at radius 2 is 2.41 bits per heavy atom. The maximum atomic E-state index is 6.32. The van der Waals surface area contributed by atoms with Crippen molar-refractivity contribution in [2.75, 3.05) is 0 Å². The summed E-state index contributed by atoms with van der Waals surface area (Å²) in [6.07, 6.45) is 5.45. The van der Waals surface area contributed by atoms with E-state index in [9.17, 15) is 0 Å². The van der Waals surface area contributed by atoms with Crippen LogP contribution in [0.1, 0.15) is 44.8 Å². The number of hydrogen-bond acceptors (Lipinski definition) is 3. The molecule has 2 rings (SSSR count). The Morgan fingerprint density at radius 3 is 3.00 bits per heavy atom. The van der Waals surface area contributed by atoms with E-state index in [-0.39, 0.29) is 12.1 Å². The molecule has 2 heterocycles. The molecule has 5 heteroatoms. The highest BCUT2D eigenvalue weighted by atomic mass is 79.9. The lowest BCUT2D eigenvalue weighted by Gasteiger charge is -2.21. The van der Waals surface area contributed by atoms with E-state index < -0.39 is 0 Å². The van der Waals surface area contributed by atoms with E-state index in [1.807, 2.05) is 10.9 Å². The zero-order chi connectivity index (χ0) is 12.4. The van der Waals surface area contributed by atoms with Gasteiger partial charge in [-0.2, -0.15) is 5.10 Å². The number of nitrogens with zero attached hydrogens (tertiary/aromatic N) is 2. The van der Waals surface area contributed by atoms with Crippen LogP contribution in [0.3, 0.4) is 0 Å². The van der Waals surface area contributed by atoms with Gasteiger partial charge < -0.3 is 10.5 Å². The lowest BCUT2D eigenvalue weighted by Crippen LogP contribution is -2.29. The van der Waals surface area contributed by atoms with Crippen LogP contribution in [0.4, 0.5) is 0 Å². The van der Waals surface area contributed by atoms with Crippen molar-refractivity contribution in [3.05, 3.63) is 16.4 Å². The van der Waals surface area contributed by atoms with Crippen molar-refractivity contribution in [2.45, 2.75) is 57.9 Å². The van der Waals surface area contributed by atoms with Gasteiger partial charge in [-0.3, -0.25) is 4.68 Å². The number of ether oxygens (including phenoxy) is 1. The minimum absolute atomic E-state index is 0.0941. The molecule has 4 nitrogen and oxygen atoms in total. The standard InChI is InChI=1S/C12H20BrN3O/c1-3-6-16-12(9(13)7-15-16)11(14)10-5-4-8(2)17-10/h7-8,10-11H,3-6,14H2,1-2H3. The van der Waals surface area contributed by atoms with E-state index in [0.717, 1.165) is 36.0 Å². The molecule has 1 fully saturated rings. The van der Waals surface area contributed by atoms with Crippen LogP contribution in [0, 0.1) is 0 Å². The average molecular weight is 302 g/mol.